The average Bonchev–Trinajstić information content (AvgIpc) is 3.46. The molecule has 0 unspecified atom stereocenters. The third-order valence-corrected chi connectivity index (χ3v) is 6.47. The van der Waals surface area contributed by atoms with Gasteiger partial charge in [0, 0.05) is 54.7 Å². The number of benzene rings is 1. The van der Waals surface area contributed by atoms with Crippen molar-refractivity contribution in [2.45, 2.75) is 19.4 Å². The zero-order valence-electron chi connectivity index (χ0n) is 16.5. The Labute approximate surface area is 175 Å². The van der Waals surface area contributed by atoms with Gasteiger partial charge < -0.3 is 14.4 Å². The molecule has 1 atom stereocenters. The Morgan fingerprint density at radius 1 is 0.966 bits per heavy atom. The minimum absolute atomic E-state index is 0.0506. The molecular weight excluding hydrogens is 382 g/mol. The molecule has 2 aromatic heterocycles. The number of thiophene rings is 1. The molecule has 150 valence electrons. The number of piperazine rings is 1. The van der Waals surface area contributed by atoms with Crippen LogP contribution in [0.5, 0.6) is 0 Å². The van der Waals surface area contributed by atoms with Crippen molar-refractivity contribution in [3.63, 3.8) is 0 Å². The highest BCUT2D eigenvalue weighted by molar-refractivity contribution is 7.10. The second kappa shape index (κ2) is 8.66. The van der Waals surface area contributed by atoms with E-state index in [1.807, 2.05) is 59.8 Å². The maximum Gasteiger partial charge on any atom is 0.225 e. The summed E-state index contributed by atoms with van der Waals surface area (Å²) in [5.41, 5.74) is 1.83. The SMILES string of the molecule is CC(=O)c1ccc(N2CCN(C(=O)C[C@@H](c3cccs3)n3cccc3)CC2)cc1. The first-order valence-corrected chi connectivity index (χ1v) is 10.8. The molecule has 0 saturated carbocycles. The van der Waals surface area contributed by atoms with Gasteiger partial charge in [0.15, 0.2) is 5.78 Å². The fourth-order valence-electron chi connectivity index (χ4n) is 3.80. The van der Waals surface area contributed by atoms with Crippen molar-refractivity contribution >= 4 is 28.7 Å². The fourth-order valence-corrected chi connectivity index (χ4v) is 4.64. The van der Waals surface area contributed by atoms with E-state index in [2.05, 4.69) is 20.9 Å². The molecule has 1 aliphatic rings. The molecule has 0 spiro atoms. The Balaban J connectivity index is 1.38. The molecule has 3 heterocycles. The van der Waals surface area contributed by atoms with Crippen LogP contribution < -0.4 is 4.90 Å². The Kier molecular flexibility index (Phi) is 5.81. The number of nitrogens with zero attached hydrogens (tertiary/aromatic N) is 3. The van der Waals surface area contributed by atoms with Crippen molar-refractivity contribution in [2.24, 2.45) is 0 Å². The lowest BCUT2D eigenvalue weighted by Crippen LogP contribution is -2.49. The van der Waals surface area contributed by atoms with E-state index in [0.717, 1.165) is 37.4 Å². The van der Waals surface area contributed by atoms with E-state index < -0.39 is 0 Å². The molecule has 1 saturated heterocycles. The Morgan fingerprint density at radius 2 is 1.66 bits per heavy atom. The Bertz CT molecular complexity index is 906. The Morgan fingerprint density at radius 3 is 2.24 bits per heavy atom. The minimum atomic E-state index is 0.0506. The summed E-state index contributed by atoms with van der Waals surface area (Å²) in [6.07, 6.45) is 4.53. The van der Waals surface area contributed by atoms with Crippen LogP contribution in [0.25, 0.3) is 0 Å². The summed E-state index contributed by atoms with van der Waals surface area (Å²) in [6, 6.07) is 15.9. The molecule has 3 aromatic rings. The van der Waals surface area contributed by atoms with Crippen molar-refractivity contribution in [1.29, 1.82) is 0 Å². The number of amides is 1. The summed E-state index contributed by atoms with van der Waals surface area (Å²) in [7, 11) is 0. The lowest BCUT2D eigenvalue weighted by Gasteiger charge is -2.36. The molecule has 1 aliphatic heterocycles. The van der Waals surface area contributed by atoms with Crippen LogP contribution in [0.2, 0.25) is 0 Å². The van der Waals surface area contributed by atoms with Gasteiger partial charge >= 0.3 is 0 Å². The second-order valence-electron chi connectivity index (χ2n) is 7.34. The third kappa shape index (κ3) is 4.43. The van der Waals surface area contributed by atoms with Gasteiger partial charge in [-0.25, -0.2) is 0 Å². The van der Waals surface area contributed by atoms with Gasteiger partial charge in [0.05, 0.1) is 12.5 Å². The van der Waals surface area contributed by atoms with Crippen LogP contribution in [0.15, 0.2) is 66.3 Å². The number of Topliss-reactive ketones (excluding diaryl/α,β-unsaturated/α-hetero) is 1. The number of rotatable bonds is 6. The van der Waals surface area contributed by atoms with E-state index in [4.69, 9.17) is 0 Å². The summed E-state index contributed by atoms with van der Waals surface area (Å²) >= 11 is 1.69. The monoisotopic (exact) mass is 407 g/mol. The van der Waals surface area contributed by atoms with Gasteiger partial charge in [-0.3, -0.25) is 9.59 Å². The van der Waals surface area contributed by atoms with Crippen molar-refractivity contribution < 1.29 is 9.59 Å². The molecule has 0 N–H and O–H groups in total. The molecule has 1 fully saturated rings. The molecule has 6 heteroatoms. The van der Waals surface area contributed by atoms with Crippen molar-refractivity contribution in [2.75, 3.05) is 31.1 Å². The summed E-state index contributed by atoms with van der Waals surface area (Å²) in [4.78, 5) is 29.9. The van der Waals surface area contributed by atoms with Gasteiger partial charge in [0.25, 0.3) is 0 Å². The van der Waals surface area contributed by atoms with E-state index in [-0.39, 0.29) is 17.7 Å². The molecule has 4 rings (SSSR count). The van der Waals surface area contributed by atoms with E-state index in [0.29, 0.717) is 6.42 Å². The highest BCUT2D eigenvalue weighted by Crippen LogP contribution is 2.27. The summed E-state index contributed by atoms with van der Waals surface area (Å²) in [6.45, 7) is 4.62. The molecule has 0 radical (unpaired) electrons. The number of hydrogen-bond acceptors (Lipinski definition) is 4. The van der Waals surface area contributed by atoms with Crippen molar-refractivity contribution in [1.82, 2.24) is 9.47 Å². The van der Waals surface area contributed by atoms with Crippen LogP contribution >= 0.6 is 11.3 Å². The van der Waals surface area contributed by atoms with Crippen LogP contribution in [0.4, 0.5) is 5.69 Å². The number of ketones is 1. The maximum absolute atomic E-state index is 13.0. The molecule has 5 nitrogen and oxygen atoms in total. The number of anilines is 1. The summed E-state index contributed by atoms with van der Waals surface area (Å²) in [5, 5.41) is 2.06. The first-order valence-electron chi connectivity index (χ1n) is 9.91. The highest BCUT2D eigenvalue weighted by Gasteiger charge is 2.25. The fraction of sp³-hybridized carbons (Fsp3) is 0.304. The number of carbonyl (C=O) groups is 2. The largest absolute Gasteiger partial charge is 0.368 e. The quantitative estimate of drug-likeness (QED) is 0.579. The minimum Gasteiger partial charge on any atom is -0.368 e. The van der Waals surface area contributed by atoms with Gasteiger partial charge in [0.2, 0.25) is 5.91 Å². The molecular formula is C23H25N3O2S. The standard InChI is InChI=1S/C23H25N3O2S/c1-18(27)19-6-8-20(9-7-19)24-12-14-26(15-13-24)23(28)17-21(22-5-4-16-29-22)25-10-2-3-11-25/h2-11,16,21H,12-15,17H2,1H3/t21-/m0/s1. The lowest BCUT2D eigenvalue weighted by molar-refractivity contribution is -0.132. The number of hydrogen-bond donors (Lipinski definition) is 0. The van der Waals surface area contributed by atoms with Crippen LogP contribution in [0.3, 0.4) is 0 Å². The molecule has 29 heavy (non-hydrogen) atoms. The first kappa shape index (κ1) is 19.5. The van der Waals surface area contributed by atoms with Crippen LogP contribution in [0, 0.1) is 0 Å². The van der Waals surface area contributed by atoms with Gasteiger partial charge in [-0.05, 0) is 54.8 Å². The second-order valence-corrected chi connectivity index (χ2v) is 8.32. The smallest absolute Gasteiger partial charge is 0.225 e. The van der Waals surface area contributed by atoms with Gasteiger partial charge in [-0.15, -0.1) is 11.3 Å². The highest BCUT2D eigenvalue weighted by atomic mass is 32.1. The van der Waals surface area contributed by atoms with Crippen molar-refractivity contribution in [3.05, 3.63) is 76.7 Å². The predicted molar refractivity (Wildman–Crippen MR) is 117 cm³/mol. The third-order valence-electron chi connectivity index (χ3n) is 5.50. The van der Waals surface area contributed by atoms with E-state index in [1.165, 1.54) is 4.88 Å². The molecule has 1 aromatic carbocycles. The van der Waals surface area contributed by atoms with E-state index in [9.17, 15) is 9.59 Å². The summed E-state index contributed by atoms with van der Waals surface area (Å²) in [5.74, 6) is 0.277. The number of aromatic nitrogens is 1. The molecule has 0 bridgehead atoms. The zero-order valence-corrected chi connectivity index (χ0v) is 17.3. The van der Waals surface area contributed by atoms with Crippen molar-refractivity contribution in [3.8, 4) is 0 Å². The molecule has 1 amide bonds. The van der Waals surface area contributed by atoms with Gasteiger partial charge in [-0.2, -0.15) is 0 Å². The zero-order chi connectivity index (χ0) is 20.2. The van der Waals surface area contributed by atoms with E-state index >= 15 is 0 Å². The van der Waals surface area contributed by atoms with Crippen LogP contribution in [-0.2, 0) is 4.79 Å². The summed E-state index contributed by atoms with van der Waals surface area (Å²) < 4.78 is 2.12. The maximum atomic E-state index is 13.0. The first-order chi connectivity index (χ1) is 14.1. The van der Waals surface area contributed by atoms with Crippen LogP contribution in [-0.4, -0.2) is 47.3 Å². The van der Waals surface area contributed by atoms with Crippen LogP contribution in [0.1, 0.15) is 34.6 Å². The van der Waals surface area contributed by atoms with Gasteiger partial charge in [-0.1, -0.05) is 6.07 Å². The van der Waals surface area contributed by atoms with E-state index in [1.54, 1.807) is 18.3 Å². The predicted octanol–water partition coefficient (Wildman–Crippen LogP) is 4.08. The number of carbonyl (C=O) groups excluding carboxylic acids is 2. The lowest BCUT2D eigenvalue weighted by atomic mass is 10.1. The Hall–Kier alpha value is -2.86. The topological polar surface area (TPSA) is 45.6 Å². The normalized spacial score (nSPS) is 15.3. The van der Waals surface area contributed by atoms with Gasteiger partial charge in [0.1, 0.15) is 0 Å². The molecule has 0 aliphatic carbocycles. The average molecular weight is 408 g/mol.